The second kappa shape index (κ2) is 7.13. The van der Waals surface area contributed by atoms with E-state index in [1.54, 1.807) is 20.8 Å². The molecule has 0 radical (unpaired) electrons. The molecule has 0 aliphatic carbocycles. The Morgan fingerprint density at radius 2 is 1.73 bits per heavy atom. The van der Waals surface area contributed by atoms with Gasteiger partial charge in [0.05, 0.1) is 5.56 Å². The van der Waals surface area contributed by atoms with E-state index in [4.69, 9.17) is 0 Å². The van der Waals surface area contributed by atoms with Crippen molar-refractivity contribution in [3.63, 3.8) is 0 Å². The van der Waals surface area contributed by atoms with E-state index in [0.29, 0.717) is 5.56 Å². The molecule has 0 bridgehead atoms. The molecule has 0 fully saturated rings. The maximum Gasteiger partial charge on any atom is 0.258 e. The first-order chi connectivity index (χ1) is 11.9. The molecular weight excluding hydrogens is 362 g/mol. The molecule has 140 valence electrons. The van der Waals surface area contributed by atoms with Crippen LogP contribution in [0.1, 0.15) is 36.7 Å². The minimum Gasteiger partial charge on any atom is -0.322 e. The molecule has 8 heteroatoms. The van der Waals surface area contributed by atoms with Crippen LogP contribution in [0.2, 0.25) is 0 Å². The summed E-state index contributed by atoms with van der Waals surface area (Å²) in [6.45, 7) is 6.39. The Labute approximate surface area is 151 Å². The number of hydrogen-bond acceptors (Lipinski definition) is 3. The molecule has 2 aromatic rings. The summed E-state index contributed by atoms with van der Waals surface area (Å²) in [6, 6.07) is 7.45. The number of benzene rings is 2. The van der Waals surface area contributed by atoms with E-state index < -0.39 is 43.6 Å². The first-order valence-electron chi connectivity index (χ1n) is 7.81. The summed E-state index contributed by atoms with van der Waals surface area (Å²) in [5.74, 6) is -2.42. The Morgan fingerprint density at radius 3 is 2.31 bits per heavy atom. The zero-order chi connectivity index (χ0) is 19.7. The molecule has 0 saturated carbocycles. The molecule has 26 heavy (non-hydrogen) atoms. The number of rotatable bonds is 4. The summed E-state index contributed by atoms with van der Waals surface area (Å²) in [5.41, 5.74) is -0.651. The molecule has 0 unspecified atom stereocenters. The molecule has 0 spiro atoms. The number of nitrogens with one attached hydrogen (secondary N) is 2. The van der Waals surface area contributed by atoms with Crippen molar-refractivity contribution in [1.82, 2.24) is 4.72 Å². The number of hydrogen-bond donors (Lipinski definition) is 2. The fourth-order valence-electron chi connectivity index (χ4n) is 2.27. The van der Waals surface area contributed by atoms with Crippen LogP contribution in [0.15, 0.2) is 41.3 Å². The summed E-state index contributed by atoms with van der Waals surface area (Å²) in [5, 5.41) is 2.43. The lowest BCUT2D eigenvalue weighted by Gasteiger charge is -2.21. The predicted octanol–water partition coefficient (Wildman–Crippen LogP) is 3.60. The minimum atomic E-state index is -4.14. The van der Waals surface area contributed by atoms with Gasteiger partial charge < -0.3 is 5.32 Å². The number of sulfonamides is 1. The highest BCUT2D eigenvalue weighted by Crippen LogP contribution is 2.21. The summed E-state index contributed by atoms with van der Waals surface area (Å²) in [6.07, 6.45) is 0. The van der Waals surface area contributed by atoms with Crippen LogP contribution in [0.5, 0.6) is 0 Å². The number of aryl methyl sites for hydroxylation is 1. The second-order valence-corrected chi connectivity index (χ2v) is 8.54. The number of carbonyl (C=O) groups is 1. The van der Waals surface area contributed by atoms with Crippen molar-refractivity contribution in [1.29, 1.82) is 0 Å². The Kier molecular flexibility index (Phi) is 5.48. The Balaban J connectivity index is 2.36. The van der Waals surface area contributed by atoms with E-state index in [-0.39, 0.29) is 5.69 Å². The van der Waals surface area contributed by atoms with Crippen LogP contribution < -0.4 is 10.0 Å². The summed E-state index contributed by atoms with van der Waals surface area (Å²) < 4.78 is 55.1. The van der Waals surface area contributed by atoms with Gasteiger partial charge in [-0.3, -0.25) is 4.79 Å². The summed E-state index contributed by atoms with van der Waals surface area (Å²) in [4.78, 5) is 11.7. The van der Waals surface area contributed by atoms with Crippen molar-refractivity contribution in [2.24, 2.45) is 0 Å². The molecule has 2 aromatic carbocycles. The highest BCUT2D eigenvalue weighted by molar-refractivity contribution is 7.89. The van der Waals surface area contributed by atoms with Gasteiger partial charge in [-0.25, -0.2) is 21.9 Å². The van der Waals surface area contributed by atoms with Crippen LogP contribution in [-0.4, -0.2) is 19.9 Å². The predicted molar refractivity (Wildman–Crippen MR) is 95.6 cm³/mol. The van der Waals surface area contributed by atoms with Crippen LogP contribution in [0.3, 0.4) is 0 Å². The van der Waals surface area contributed by atoms with Crippen LogP contribution in [0.25, 0.3) is 0 Å². The molecule has 0 aliphatic heterocycles. The zero-order valence-corrected chi connectivity index (χ0v) is 15.7. The number of carbonyl (C=O) groups excluding carboxylic acids is 1. The summed E-state index contributed by atoms with van der Waals surface area (Å²) >= 11 is 0. The van der Waals surface area contributed by atoms with E-state index in [9.17, 15) is 22.0 Å². The highest BCUT2D eigenvalue weighted by Gasteiger charge is 2.27. The van der Waals surface area contributed by atoms with Gasteiger partial charge in [0.25, 0.3) is 5.91 Å². The van der Waals surface area contributed by atoms with Gasteiger partial charge in [-0.05, 0) is 63.6 Å². The van der Waals surface area contributed by atoms with Gasteiger partial charge in [0.2, 0.25) is 10.0 Å². The maximum absolute atomic E-state index is 14.7. The third-order valence-electron chi connectivity index (χ3n) is 3.35. The highest BCUT2D eigenvalue weighted by atomic mass is 32.2. The average molecular weight is 382 g/mol. The lowest BCUT2D eigenvalue weighted by atomic mass is 10.1. The van der Waals surface area contributed by atoms with Gasteiger partial charge in [-0.2, -0.15) is 0 Å². The van der Waals surface area contributed by atoms with E-state index in [2.05, 4.69) is 10.0 Å². The molecule has 0 heterocycles. The molecule has 0 aromatic heterocycles. The first-order valence-corrected chi connectivity index (χ1v) is 9.29. The topological polar surface area (TPSA) is 75.3 Å². The normalized spacial score (nSPS) is 12.1. The van der Waals surface area contributed by atoms with Crippen molar-refractivity contribution in [3.05, 3.63) is 59.2 Å². The minimum absolute atomic E-state index is 0.273. The van der Waals surface area contributed by atoms with Gasteiger partial charge in [-0.15, -0.1) is 0 Å². The summed E-state index contributed by atoms with van der Waals surface area (Å²) in [7, 11) is -4.14. The maximum atomic E-state index is 14.7. The fraction of sp³-hybridized carbons (Fsp3) is 0.278. The number of anilines is 1. The molecule has 2 rings (SSSR count). The van der Waals surface area contributed by atoms with Crippen molar-refractivity contribution in [2.75, 3.05) is 5.32 Å². The van der Waals surface area contributed by atoms with E-state index in [0.717, 1.165) is 6.07 Å². The third kappa shape index (κ3) is 4.64. The Morgan fingerprint density at radius 1 is 1.08 bits per heavy atom. The van der Waals surface area contributed by atoms with Gasteiger partial charge >= 0.3 is 0 Å². The monoisotopic (exact) mass is 382 g/mol. The van der Waals surface area contributed by atoms with Crippen LogP contribution >= 0.6 is 0 Å². The fourth-order valence-corrected chi connectivity index (χ4v) is 3.79. The van der Waals surface area contributed by atoms with Crippen molar-refractivity contribution in [2.45, 2.75) is 38.1 Å². The first kappa shape index (κ1) is 20.0. The number of halogens is 2. The third-order valence-corrected chi connectivity index (χ3v) is 5.13. The van der Waals surface area contributed by atoms with Crippen LogP contribution in [-0.2, 0) is 10.0 Å². The standard InChI is InChI=1S/C18H20F2N2O3S/c1-11-10-12(8-9-14(11)19)21-17(23)13-6-5-7-15(16(13)20)26(24,25)22-18(2,3)4/h5-10,22H,1-4H3,(H,21,23). The van der Waals surface area contributed by atoms with Crippen molar-refractivity contribution < 1.29 is 22.0 Å². The van der Waals surface area contributed by atoms with E-state index in [1.807, 2.05) is 0 Å². The van der Waals surface area contributed by atoms with Gasteiger partial charge in [0.15, 0.2) is 5.82 Å². The average Bonchev–Trinajstić information content (AvgIpc) is 2.48. The smallest absolute Gasteiger partial charge is 0.258 e. The number of amides is 1. The zero-order valence-electron chi connectivity index (χ0n) is 14.9. The molecule has 5 nitrogen and oxygen atoms in total. The molecule has 2 N–H and O–H groups in total. The largest absolute Gasteiger partial charge is 0.322 e. The molecular formula is C18H20F2N2O3S. The quantitative estimate of drug-likeness (QED) is 0.848. The Hall–Kier alpha value is -2.32. The van der Waals surface area contributed by atoms with Gasteiger partial charge in [-0.1, -0.05) is 6.07 Å². The Bertz CT molecular complexity index is 951. The van der Waals surface area contributed by atoms with Crippen LogP contribution in [0, 0.1) is 18.6 Å². The lowest BCUT2D eigenvalue weighted by Crippen LogP contribution is -2.41. The van der Waals surface area contributed by atoms with Gasteiger partial charge in [0.1, 0.15) is 10.7 Å². The molecule has 0 aliphatic rings. The molecule has 0 saturated heterocycles. The van der Waals surface area contributed by atoms with Crippen molar-refractivity contribution in [3.8, 4) is 0 Å². The van der Waals surface area contributed by atoms with E-state index >= 15 is 0 Å². The SMILES string of the molecule is Cc1cc(NC(=O)c2cccc(S(=O)(=O)NC(C)(C)C)c2F)ccc1F. The van der Waals surface area contributed by atoms with Gasteiger partial charge in [0, 0.05) is 11.2 Å². The van der Waals surface area contributed by atoms with Crippen molar-refractivity contribution >= 4 is 21.6 Å². The van der Waals surface area contributed by atoms with Crippen LogP contribution in [0.4, 0.5) is 14.5 Å². The van der Waals surface area contributed by atoms with E-state index in [1.165, 1.54) is 37.3 Å². The second-order valence-electron chi connectivity index (χ2n) is 6.89. The molecule has 0 atom stereocenters. The molecule has 1 amide bonds. The lowest BCUT2D eigenvalue weighted by molar-refractivity contribution is 0.102.